The Kier molecular flexibility index (Phi) is 3.38. The predicted molar refractivity (Wildman–Crippen MR) is 88.1 cm³/mol. The normalized spacial score (nSPS) is 21.4. The standard InChI is InChI=1S/C17H14BrFO2S/c1-2-21-17(20)15-7-12-11-5-13(18)14(19)6-10(11)8-3-9(4-8)16(12)22-15/h5-9H,2-4H2,1H3. The Bertz CT molecular complexity index is 777. The van der Waals surface area contributed by atoms with E-state index in [1.54, 1.807) is 6.07 Å². The summed E-state index contributed by atoms with van der Waals surface area (Å²) >= 11 is 4.82. The predicted octanol–water partition coefficient (Wildman–Crippen LogP) is 5.47. The average Bonchev–Trinajstić information content (AvgIpc) is 2.78. The zero-order valence-corrected chi connectivity index (χ0v) is 14.4. The molecule has 5 heteroatoms. The van der Waals surface area contributed by atoms with Gasteiger partial charge in [0.2, 0.25) is 0 Å². The zero-order valence-electron chi connectivity index (χ0n) is 12.0. The molecule has 2 nitrogen and oxygen atoms in total. The van der Waals surface area contributed by atoms with Crippen molar-refractivity contribution >= 4 is 33.2 Å². The lowest BCUT2D eigenvalue weighted by molar-refractivity contribution is 0.0532. The van der Waals surface area contributed by atoms with Crippen molar-refractivity contribution < 1.29 is 13.9 Å². The summed E-state index contributed by atoms with van der Waals surface area (Å²) in [5, 5.41) is 0. The van der Waals surface area contributed by atoms with Crippen molar-refractivity contribution in [2.45, 2.75) is 31.6 Å². The second-order valence-electron chi connectivity index (χ2n) is 5.83. The van der Waals surface area contributed by atoms with Crippen molar-refractivity contribution in [2.75, 3.05) is 6.61 Å². The largest absolute Gasteiger partial charge is 0.462 e. The second-order valence-corrected chi connectivity index (χ2v) is 7.77. The maximum absolute atomic E-state index is 13.9. The first-order chi connectivity index (χ1) is 10.6. The summed E-state index contributed by atoms with van der Waals surface area (Å²) in [6.07, 6.45) is 2.09. The first kappa shape index (κ1) is 14.4. The number of hydrogen-bond donors (Lipinski definition) is 0. The third-order valence-corrected chi connectivity index (χ3v) is 6.45. The van der Waals surface area contributed by atoms with Gasteiger partial charge in [-0.2, -0.15) is 0 Å². The van der Waals surface area contributed by atoms with Gasteiger partial charge in [-0.15, -0.1) is 11.3 Å². The van der Waals surface area contributed by atoms with E-state index < -0.39 is 0 Å². The number of halogens is 2. The molecule has 1 fully saturated rings. The van der Waals surface area contributed by atoms with Crippen LogP contribution in [0.4, 0.5) is 4.39 Å². The molecule has 22 heavy (non-hydrogen) atoms. The van der Waals surface area contributed by atoms with Gasteiger partial charge in [-0.3, -0.25) is 0 Å². The molecular formula is C17H14BrFO2S. The van der Waals surface area contributed by atoms with Crippen LogP contribution >= 0.6 is 27.3 Å². The minimum Gasteiger partial charge on any atom is -0.462 e. The highest BCUT2D eigenvalue weighted by Crippen LogP contribution is 2.58. The van der Waals surface area contributed by atoms with E-state index in [1.807, 2.05) is 19.1 Å². The minimum atomic E-state index is -0.265. The fourth-order valence-electron chi connectivity index (χ4n) is 3.44. The Hall–Kier alpha value is -1.20. The zero-order chi connectivity index (χ0) is 15.4. The quantitative estimate of drug-likeness (QED) is 0.645. The number of carbonyl (C=O) groups is 1. The smallest absolute Gasteiger partial charge is 0.348 e. The number of hydrogen-bond acceptors (Lipinski definition) is 3. The van der Waals surface area contributed by atoms with Gasteiger partial charge in [0.25, 0.3) is 0 Å². The van der Waals surface area contributed by atoms with Gasteiger partial charge < -0.3 is 4.74 Å². The monoisotopic (exact) mass is 380 g/mol. The third kappa shape index (κ3) is 2.06. The molecule has 0 amide bonds. The van der Waals surface area contributed by atoms with Gasteiger partial charge in [0.15, 0.2) is 0 Å². The van der Waals surface area contributed by atoms with E-state index in [9.17, 15) is 9.18 Å². The molecule has 1 aromatic heterocycles. The average molecular weight is 381 g/mol. The Balaban J connectivity index is 1.89. The summed E-state index contributed by atoms with van der Waals surface area (Å²) in [6.45, 7) is 2.18. The van der Waals surface area contributed by atoms with Gasteiger partial charge in [0.05, 0.1) is 11.1 Å². The van der Waals surface area contributed by atoms with Crippen LogP contribution in [0.5, 0.6) is 0 Å². The Morgan fingerprint density at radius 1 is 1.32 bits per heavy atom. The van der Waals surface area contributed by atoms with E-state index in [0.29, 0.717) is 27.8 Å². The first-order valence-electron chi connectivity index (χ1n) is 7.38. The molecule has 0 saturated heterocycles. The van der Waals surface area contributed by atoms with Gasteiger partial charge in [0, 0.05) is 4.88 Å². The van der Waals surface area contributed by atoms with E-state index in [2.05, 4.69) is 15.9 Å². The van der Waals surface area contributed by atoms with Gasteiger partial charge >= 0.3 is 5.97 Å². The number of benzene rings is 1. The van der Waals surface area contributed by atoms with Gasteiger partial charge in [-0.25, -0.2) is 9.18 Å². The lowest BCUT2D eigenvalue weighted by Gasteiger charge is -2.33. The lowest BCUT2D eigenvalue weighted by Crippen LogP contribution is -2.17. The van der Waals surface area contributed by atoms with Crippen LogP contribution in [0.15, 0.2) is 22.7 Å². The molecule has 2 bridgehead atoms. The summed E-state index contributed by atoms with van der Waals surface area (Å²) in [6, 6.07) is 5.42. The molecule has 0 atom stereocenters. The highest BCUT2D eigenvalue weighted by Gasteiger charge is 2.40. The molecule has 0 radical (unpaired) electrons. The van der Waals surface area contributed by atoms with Crippen molar-refractivity contribution in [3.63, 3.8) is 0 Å². The molecule has 0 aliphatic heterocycles. The van der Waals surface area contributed by atoms with E-state index in [4.69, 9.17) is 4.74 Å². The fraction of sp³-hybridized carbons (Fsp3) is 0.353. The van der Waals surface area contributed by atoms with Crippen LogP contribution in [-0.4, -0.2) is 12.6 Å². The van der Waals surface area contributed by atoms with Crippen LogP contribution in [0, 0.1) is 5.82 Å². The summed E-state index contributed by atoms with van der Waals surface area (Å²) in [7, 11) is 0. The molecular weight excluding hydrogens is 367 g/mol. The molecule has 1 saturated carbocycles. The second kappa shape index (κ2) is 5.17. The van der Waals surface area contributed by atoms with Crippen molar-refractivity contribution in [1.82, 2.24) is 0 Å². The summed E-state index contributed by atoms with van der Waals surface area (Å²) in [5.74, 6) is 0.446. The third-order valence-electron chi connectivity index (χ3n) is 4.57. The molecule has 3 aliphatic carbocycles. The van der Waals surface area contributed by atoms with Gasteiger partial charge in [-0.1, -0.05) is 0 Å². The molecule has 0 spiro atoms. The SMILES string of the molecule is CCOC(=O)c1cc2c(s1)C1CC(C1)c1cc(F)c(Br)cc1-2. The van der Waals surface area contributed by atoms with Crippen LogP contribution in [0.3, 0.4) is 0 Å². The molecule has 5 rings (SSSR count). The van der Waals surface area contributed by atoms with E-state index in [1.165, 1.54) is 16.2 Å². The Labute approximate surface area is 140 Å². The molecule has 0 N–H and O–H groups in total. The maximum atomic E-state index is 13.9. The lowest BCUT2D eigenvalue weighted by atomic mass is 9.72. The minimum absolute atomic E-state index is 0.216. The molecule has 1 heterocycles. The molecule has 0 unspecified atom stereocenters. The van der Waals surface area contributed by atoms with Crippen LogP contribution in [0.25, 0.3) is 11.1 Å². The van der Waals surface area contributed by atoms with E-state index >= 15 is 0 Å². The van der Waals surface area contributed by atoms with Crippen LogP contribution in [0.1, 0.15) is 51.7 Å². The van der Waals surface area contributed by atoms with Crippen molar-refractivity contribution in [3.8, 4) is 11.1 Å². The van der Waals surface area contributed by atoms with Crippen molar-refractivity contribution in [1.29, 1.82) is 0 Å². The highest BCUT2D eigenvalue weighted by molar-refractivity contribution is 9.10. The van der Waals surface area contributed by atoms with Gasteiger partial charge in [-0.05, 0) is 82.4 Å². The van der Waals surface area contributed by atoms with Crippen LogP contribution in [0.2, 0.25) is 0 Å². The maximum Gasteiger partial charge on any atom is 0.348 e. The van der Waals surface area contributed by atoms with E-state index in [0.717, 1.165) is 29.5 Å². The van der Waals surface area contributed by atoms with Crippen LogP contribution in [-0.2, 0) is 4.74 Å². The number of carbonyl (C=O) groups excluding carboxylic acids is 1. The highest BCUT2D eigenvalue weighted by atomic mass is 79.9. The Morgan fingerprint density at radius 3 is 2.82 bits per heavy atom. The fourth-order valence-corrected chi connectivity index (χ4v) is 4.98. The van der Waals surface area contributed by atoms with Crippen LogP contribution < -0.4 is 0 Å². The molecule has 2 aromatic rings. The van der Waals surface area contributed by atoms with Gasteiger partial charge in [0.1, 0.15) is 10.7 Å². The first-order valence-corrected chi connectivity index (χ1v) is 8.99. The number of rotatable bonds is 2. The van der Waals surface area contributed by atoms with Crippen molar-refractivity contribution in [2.24, 2.45) is 0 Å². The molecule has 114 valence electrons. The molecule has 1 aromatic carbocycles. The van der Waals surface area contributed by atoms with E-state index in [-0.39, 0.29) is 11.8 Å². The summed E-state index contributed by atoms with van der Waals surface area (Å²) < 4.78 is 19.5. The summed E-state index contributed by atoms with van der Waals surface area (Å²) in [5.41, 5.74) is 3.21. The Morgan fingerprint density at radius 2 is 2.09 bits per heavy atom. The molecule has 3 aliphatic rings. The number of thiophene rings is 1. The number of ether oxygens (including phenoxy) is 1. The summed E-state index contributed by atoms with van der Waals surface area (Å²) in [4.78, 5) is 13.9. The van der Waals surface area contributed by atoms with Crippen molar-refractivity contribution in [3.05, 3.63) is 43.8 Å². The topological polar surface area (TPSA) is 26.3 Å². The number of esters is 1.